The highest BCUT2D eigenvalue weighted by Gasteiger charge is 2.12. The van der Waals surface area contributed by atoms with Gasteiger partial charge in [0.05, 0.1) is 23.0 Å². The number of rotatable bonds is 9. The zero-order valence-corrected chi connectivity index (χ0v) is 12.4. The van der Waals surface area contributed by atoms with Gasteiger partial charge in [0.1, 0.15) is 5.75 Å². The Balaban J connectivity index is 2.72. The fraction of sp³-hybridized carbons (Fsp3) is 0.500. The maximum Gasteiger partial charge on any atom is 0.271 e. The van der Waals surface area contributed by atoms with E-state index < -0.39 is 20.8 Å². The molecule has 8 nitrogen and oxygen atoms in total. The predicted octanol–water partition coefficient (Wildman–Crippen LogP) is 2.07. The number of non-ortho nitro benzene ring substituents is 1. The van der Waals surface area contributed by atoms with E-state index in [-0.39, 0.29) is 18.7 Å². The molecule has 21 heavy (non-hydrogen) atoms. The summed E-state index contributed by atoms with van der Waals surface area (Å²) in [7, 11) is -4.01. The Morgan fingerprint density at radius 2 is 2.14 bits per heavy atom. The van der Waals surface area contributed by atoms with Crippen molar-refractivity contribution >= 4 is 21.5 Å². The number of ether oxygens (including phenoxy) is 1. The van der Waals surface area contributed by atoms with E-state index in [0.29, 0.717) is 18.0 Å². The molecule has 0 unspecified atom stereocenters. The van der Waals surface area contributed by atoms with Crippen LogP contribution in [0.3, 0.4) is 0 Å². The summed E-state index contributed by atoms with van der Waals surface area (Å²) in [6, 6.07) is 4.15. The molecule has 0 saturated carbocycles. The van der Waals surface area contributed by atoms with Crippen LogP contribution in [0.15, 0.2) is 18.2 Å². The van der Waals surface area contributed by atoms with Crippen LogP contribution in [0.2, 0.25) is 0 Å². The highest BCUT2D eigenvalue weighted by molar-refractivity contribution is 7.85. The summed E-state index contributed by atoms with van der Waals surface area (Å²) < 4.78 is 35.2. The SMILES string of the molecule is CCCNc1cc([N+](=O)[O-])ccc1OCCCS(=O)(=O)O. The van der Waals surface area contributed by atoms with Crippen LogP contribution in [0.5, 0.6) is 5.75 Å². The van der Waals surface area contributed by atoms with Gasteiger partial charge >= 0.3 is 0 Å². The lowest BCUT2D eigenvalue weighted by Gasteiger charge is -2.12. The molecule has 1 rings (SSSR count). The first-order valence-electron chi connectivity index (χ1n) is 6.43. The van der Waals surface area contributed by atoms with Crippen LogP contribution < -0.4 is 10.1 Å². The van der Waals surface area contributed by atoms with Crippen LogP contribution in [-0.4, -0.2) is 36.8 Å². The van der Waals surface area contributed by atoms with E-state index in [4.69, 9.17) is 9.29 Å². The predicted molar refractivity (Wildman–Crippen MR) is 78.4 cm³/mol. The molecule has 0 aromatic heterocycles. The standard InChI is InChI=1S/C12H18N2O6S/c1-2-6-13-11-9-10(14(15)16)4-5-12(11)20-7-3-8-21(17,18)19/h4-5,9,13H,2-3,6-8H2,1H3,(H,17,18,19). The third-order valence-electron chi connectivity index (χ3n) is 2.54. The lowest BCUT2D eigenvalue weighted by atomic mass is 10.2. The van der Waals surface area contributed by atoms with Crippen LogP contribution in [-0.2, 0) is 10.1 Å². The minimum Gasteiger partial charge on any atom is -0.491 e. The van der Waals surface area contributed by atoms with Crippen molar-refractivity contribution in [2.24, 2.45) is 0 Å². The van der Waals surface area contributed by atoms with Crippen molar-refractivity contribution in [3.63, 3.8) is 0 Å². The first-order chi connectivity index (χ1) is 9.83. The molecule has 0 heterocycles. The van der Waals surface area contributed by atoms with Crippen molar-refractivity contribution in [2.75, 3.05) is 24.2 Å². The molecule has 0 saturated heterocycles. The number of nitrogens with one attached hydrogen (secondary N) is 1. The average molecular weight is 318 g/mol. The molecule has 0 aliphatic rings. The number of nitro benzene ring substituents is 1. The summed E-state index contributed by atoms with van der Waals surface area (Å²) in [6.45, 7) is 2.66. The minimum atomic E-state index is -4.01. The Kier molecular flexibility index (Phi) is 6.38. The molecule has 0 radical (unpaired) electrons. The Hall–Kier alpha value is -1.87. The molecular weight excluding hydrogens is 300 g/mol. The number of hydrogen-bond acceptors (Lipinski definition) is 6. The molecule has 0 amide bonds. The third kappa shape index (κ3) is 6.41. The van der Waals surface area contributed by atoms with Gasteiger partial charge in [-0.3, -0.25) is 14.7 Å². The maximum absolute atomic E-state index is 10.8. The normalized spacial score (nSPS) is 11.1. The Morgan fingerprint density at radius 3 is 2.71 bits per heavy atom. The van der Waals surface area contributed by atoms with Gasteiger partial charge in [-0.05, 0) is 18.9 Å². The number of nitro groups is 1. The number of nitrogens with zero attached hydrogens (tertiary/aromatic N) is 1. The second-order valence-electron chi connectivity index (χ2n) is 4.35. The molecule has 1 aromatic carbocycles. The van der Waals surface area contributed by atoms with Crippen molar-refractivity contribution in [1.82, 2.24) is 0 Å². The van der Waals surface area contributed by atoms with Crippen molar-refractivity contribution in [3.05, 3.63) is 28.3 Å². The van der Waals surface area contributed by atoms with Gasteiger partial charge in [-0.25, -0.2) is 0 Å². The quantitative estimate of drug-likeness (QED) is 0.309. The molecule has 0 fully saturated rings. The lowest BCUT2D eigenvalue weighted by molar-refractivity contribution is -0.384. The van der Waals surface area contributed by atoms with Gasteiger partial charge in [-0.1, -0.05) is 6.92 Å². The highest BCUT2D eigenvalue weighted by Crippen LogP contribution is 2.29. The van der Waals surface area contributed by atoms with Gasteiger partial charge in [0.15, 0.2) is 0 Å². The monoisotopic (exact) mass is 318 g/mol. The van der Waals surface area contributed by atoms with E-state index in [1.54, 1.807) is 0 Å². The van der Waals surface area contributed by atoms with Crippen LogP contribution in [0.25, 0.3) is 0 Å². The fourth-order valence-electron chi connectivity index (χ4n) is 1.58. The molecule has 0 aliphatic heterocycles. The van der Waals surface area contributed by atoms with Crippen LogP contribution in [0, 0.1) is 10.1 Å². The van der Waals surface area contributed by atoms with E-state index in [9.17, 15) is 18.5 Å². The maximum atomic E-state index is 10.8. The van der Waals surface area contributed by atoms with Crippen molar-refractivity contribution in [3.8, 4) is 5.75 Å². The average Bonchev–Trinajstić information content (AvgIpc) is 2.40. The lowest BCUT2D eigenvalue weighted by Crippen LogP contribution is -2.10. The summed E-state index contributed by atoms with van der Waals surface area (Å²) in [6.07, 6.45) is 0.966. The highest BCUT2D eigenvalue weighted by atomic mass is 32.2. The van der Waals surface area contributed by atoms with E-state index in [1.165, 1.54) is 18.2 Å². The van der Waals surface area contributed by atoms with Gasteiger partial charge < -0.3 is 10.1 Å². The molecule has 1 aromatic rings. The first-order valence-corrected chi connectivity index (χ1v) is 8.04. The second-order valence-corrected chi connectivity index (χ2v) is 5.92. The minimum absolute atomic E-state index is 0.0566. The van der Waals surface area contributed by atoms with Gasteiger partial charge in [0, 0.05) is 18.7 Å². The van der Waals surface area contributed by atoms with E-state index in [1.807, 2.05) is 6.92 Å². The van der Waals surface area contributed by atoms with Gasteiger partial charge in [0.2, 0.25) is 0 Å². The molecule has 0 spiro atoms. The summed E-state index contributed by atoms with van der Waals surface area (Å²) in [5.41, 5.74) is 0.428. The summed E-state index contributed by atoms with van der Waals surface area (Å²) in [4.78, 5) is 10.3. The van der Waals surface area contributed by atoms with E-state index >= 15 is 0 Å². The molecule has 0 bridgehead atoms. The molecule has 0 atom stereocenters. The van der Waals surface area contributed by atoms with Crippen molar-refractivity contribution in [2.45, 2.75) is 19.8 Å². The molecule has 118 valence electrons. The van der Waals surface area contributed by atoms with Crippen molar-refractivity contribution in [1.29, 1.82) is 0 Å². The van der Waals surface area contributed by atoms with E-state index in [0.717, 1.165) is 6.42 Å². The largest absolute Gasteiger partial charge is 0.491 e. The molecular formula is C12H18N2O6S. The van der Waals surface area contributed by atoms with Gasteiger partial charge in [0.25, 0.3) is 15.8 Å². The van der Waals surface area contributed by atoms with Crippen LogP contribution in [0.1, 0.15) is 19.8 Å². The number of hydrogen-bond donors (Lipinski definition) is 2. The molecule has 2 N–H and O–H groups in total. The Morgan fingerprint density at radius 1 is 1.43 bits per heavy atom. The molecule has 9 heteroatoms. The van der Waals surface area contributed by atoms with Crippen LogP contribution in [0.4, 0.5) is 11.4 Å². The topological polar surface area (TPSA) is 119 Å². The summed E-state index contributed by atoms with van der Waals surface area (Å²) in [5.74, 6) is 0.0157. The van der Waals surface area contributed by atoms with Gasteiger partial charge in [-0.15, -0.1) is 0 Å². The zero-order valence-electron chi connectivity index (χ0n) is 11.6. The fourth-order valence-corrected chi connectivity index (χ4v) is 2.06. The van der Waals surface area contributed by atoms with Crippen LogP contribution >= 0.6 is 0 Å². The Labute approximate surface area is 123 Å². The van der Waals surface area contributed by atoms with Gasteiger partial charge in [-0.2, -0.15) is 8.42 Å². The summed E-state index contributed by atoms with van der Waals surface area (Å²) >= 11 is 0. The van der Waals surface area contributed by atoms with E-state index in [2.05, 4.69) is 5.32 Å². The zero-order chi connectivity index (χ0) is 15.9. The third-order valence-corrected chi connectivity index (χ3v) is 3.35. The number of anilines is 1. The smallest absolute Gasteiger partial charge is 0.271 e. The first kappa shape index (κ1) is 17.2. The molecule has 0 aliphatic carbocycles. The second kappa shape index (κ2) is 7.79. The Bertz CT molecular complexity index is 587. The van der Waals surface area contributed by atoms with Crippen molar-refractivity contribution < 1.29 is 22.6 Å². The number of benzene rings is 1. The summed E-state index contributed by atoms with van der Waals surface area (Å²) in [5, 5.41) is 13.8.